The van der Waals surface area contributed by atoms with Crippen molar-refractivity contribution in [3.8, 4) is 11.5 Å². The Kier molecular flexibility index (Phi) is 8.00. The lowest BCUT2D eigenvalue weighted by molar-refractivity contribution is 0.116. The molecule has 0 radical (unpaired) electrons. The van der Waals surface area contributed by atoms with E-state index in [4.69, 9.17) is 9.47 Å². The summed E-state index contributed by atoms with van der Waals surface area (Å²) in [6, 6.07) is 6.52. The highest BCUT2D eigenvalue weighted by atomic mass is 16.5. The number of hydrogen-bond donors (Lipinski definition) is 2. The molecule has 0 amide bonds. The van der Waals surface area contributed by atoms with Gasteiger partial charge in [-0.3, -0.25) is 9.89 Å². The summed E-state index contributed by atoms with van der Waals surface area (Å²) in [5.41, 5.74) is 1.19. The predicted molar refractivity (Wildman–Crippen MR) is 107 cm³/mol. The summed E-state index contributed by atoms with van der Waals surface area (Å²) < 4.78 is 10.6. The molecule has 2 rings (SSSR count). The first-order valence-corrected chi connectivity index (χ1v) is 9.11. The van der Waals surface area contributed by atoms with Crippen molar-refractivity contribution >= 4 is 5.96 Å². The maximum absolute atomic E-state index is 5.36. The molecule has 1 aromatic rings. The summed E-state index contributed by atoms with van der Waals surface area (Å²) in [4.78, 5) is 9.11. The van der Waals surface area contributed by atoms with Crippen molar-refractivity contribution in [2.45, 2.75) is 12.5 Å². The Morgan fingerprint density at radius 3 is 2.62 bits per heavy atom. The third-order valence-electron chi connectivity index (χ3n) is 4.86. The van der Waals surface area contributed by atoms with E-state index < -0.39 is 0 Å². The van der Waals surface area contributed by atoms with E-state index in [9.17, 15) is 0 Å². The molecule has 0 spiro atoms. The van der Waals surface area contributed by atoms with Crippen molar-refractivity contribution in [1.29, 1.82) is 0 Å². The fourth-order valence-electron chi connectivity index (χ4n) is 3.12. The van der Waals surface area contributed by atoms with Crippen LogP contribution in [0.1, 0.15) is 5.56 Å². The monoisotopic (exact) mass is 363 g/mol. The highest BCUT2D eigenvalue weighted by Gasteiger charge is 2.21. The summed E-state index contributed by atoms with van der Waals surface area (Å²) in [5.74, 6) is 2.35. The lowest BCUT2D eigenvalue weighted by Gasteiger charge is -2.37. The topological polar surface area (TPSA) is 61.4 Å². The Morgan fingerprint density at radius 1 is 1.15 bits per heavy atom. The van der Waals surface area contributed by atoms with E-state index in [1.54, 1.807) is 14.2 Å². The molecule has 0 bridgehead atoms. The highest BCUT2D eigenvalue weighted by molar-refractivity contribution is 5.79. The lowest BCUT2D eigenvalue weighted by Crippen LogP contribution is -2.55. The van der Waals surface area contributed by atoms with Crippen LogP contribution in [0.2, 0.25) is 0 Å². The zero-order valence-corrected chi connectivity index (χ0v) is 16.7. The van der Waals surface area contributed by atoms with E-state index >= 15 is 0 Å². The standard InChI is InChI=1S/C19H33N5O2/c1-20-19(22-13-16-14-23(2)10-11-24(16)3)21-9-8-15-6-7-17(25-4)18(12-15)26-5/h6-7,12,16H,8-11,13-14H2,1-5H3,(H2,20,21,22). The lowest BCUT2D eigenvalue weighted by atomic mass is 10.1. The van der Waals surface area contributed by atoms with Gasteiger partial charge >= 0.3 is 0 Å². The molecule has 1 aromatic carbocycles. The molecule has 0 saturated carbocycles. The zero-order valence-electron chi connectivity index (χ0n) is 16.7. The highest BCUT2D eigenvalue weighted by Crippen LogP contribution is 2.27. The van der Waals surface area contributed by atoms with Crippen LogP contribution in [0, 0.1) is 0 Å². The second kappa shape index (κ2) is 10.2. The molecular formula is C19H33N5O2. The molecule has 1 atom stereocenters. The molecule has 1 fully saturated rings. The van der Waals surface area contributed by atoms with Crippen LogP contribution in [0.25, 0.3) is 0 Å². The molecule has 1 saturated heterocycles. The van der Waals surface area contributed by atoms with Gasteiger partial charge in [-0.2, -0.15) is 0 Å². The molecular weight excluding hydrogens is 330 g/mol. The smallest absolute Gasteiger partial charge is 0.191 e. The maximum atomic E-state index is 5.36. The van der Waals surface area contributed by atoms with Gasteiger partial charge in [-0.25, -0.2) is 0 Å². The quantitative estimate of drug-likeness (QED) is 0.548. The summed E-state index contributed by atoms with van der Waals surface area (Å²) in [6.45, 7) is 5.00. The Morgan fingerprint density at radius 2 is 1.92 bits per heavy atom. The summed E-state index contributed by atoms with van der Waals surface area (Å²) in [5, 5.41) is 6.83. The minimum atomic E-state index is 0.498. The van der Waals surface area contributed by atoms with Crippen molar-refractivity contribution in [3.63, 3.8) is 0 Å². The number of hydrogen-bond acceptors (Lipinski definition) is 5. The number of methoxy groups -OCH3 is 2. The van der Waals surface area contributed by atoms with Gasteiger partial charge in [0.25, 0.3) is 0 Å². The van der Waals surface area contributed by atoms with E-state index in [2.05, 4.69) is 45.6 Å². The van der Waals surface area contributed by atoms with Crippen LogP contribution in [-0.4, -0.2) is 89.9 Å². The molecule has 2 N–H and O–H groups in total. The van der Waals surface area contributed by atoms with Crippen LogP contribution in [-0.2, 0) is 6.42 Å². The number of nitrogens with zero attached hydrogens (tertiary/aromatic N) is 3. The first kappa shape index (κ1) is 20.3. The van der Waals surface area contributed by atoms with E-state index in [0.717, 1.165) is 56.6 Å². The second-order valence-corrected chi connectivity index (χ2v) is 6.72. The number of guanidine groups is 1. The van der Waals surface area contributed by atoms with E-state index in [1.165, 1.54) is 5.56 Å². The Bertz CT molecular complexity index is 593. The molecule has 7 nitrogen and oxygen atoms in total. The predicted octanol–water partition coefficient (Wildman–Crippen LogP) is 0.657. The van der Waals surface area contributed by atoms with Gasteiger partial charge < -0.3 is 25.0 Å². The van der Waals surface area contributed by atoms with Crippen molar-refractivity contribution < 1.29 is 9.47 Å². The fourth-order valence-corrected chi connectivity index (χ4v) is 3.12. The summed E-state index contributed by atoms with van der Waals surface area (Å²) in [7, 11) is 9.48. The molecule has 7 heteroatoms. The van der Waals surface area contributed by atoms with Crippen LogP contribution >= 0.6 is 0 Å². The Balaban J connectivity index is 1.78. The van der Waals surface area contributed by atoms with Crippen molar-refractivity contribution in [2.24, 2.45) is 4.99 Å². The second-order valence-electron chi connectivity index (χ2n) is 6.72. The number of likely N-dealkylation sites (N-methyl/N-ethyl adjacent to an activating group) is 2. The van der Waals surface area contributed by atoms with Crippen LogP contribution in [0.15, 0.2) is 23.2 Å². The van der Waals surface area contributed by atoms with Crippen molar-refractivity contribution in [1.82, 2.24) is 20.4 Å². The molecule has 0 aliphatic carbocycles. The van der Waals surface area contributed by atoms with Crippen LogP contribution in [0.5, 0.6) is 11.5 Å². The number of benzene rings is 1. The van der Waals surface area contributed by atoms with Gasteiger partial charge in [0.1, 0.15) is 0 Å². The summed E-state index contributed by atoms with van der Waals surface area (Å²) >= 11 is 0. The molecule has 26 heavy (non-hydrogen) atoms. The average molecular weight is 364 g/mol. The zero-order chi connectivity index (χ0) is 18.9. The van der Waals surface area contributed by atoms with E-state index in [1.807, 2.05) is 19.2 Å². The van der Waals surface area contributed by atoms with Gasteiger partial charge in [-0.15, -0.1) is 0 Å². The van der Waals surface area contributed by atoms with E-state index in [-0.39, 0.29) is 0 Å². The minimum absolute atomic E-state index is 0.498. The minimum Gasteiger partial charge on any atom is -0.493 e. The largest absolute Gasteiger partial charge is 0.493 e. The van der Waals surface area contributed by atoms with Gasteiger partial charge in [-0.05, 0) is 38.2 Å². The third-order valence-corrected chi connectivity index (χ3v) is 4.86. The molecule has 1 aliphatic heterocycles. The first-order valence-electron chi connectivity index (χ1n) is 9.11. The number of aliphatic imine (C=N–C) groups is 1. The Hall–Kier alpha value is -1.99. The van der Waals surface area contributed by atoms with Crippen molar-refractivity contribution in [2.75, 3.05) is 68.1 Å². The molecule has 0 aromatic heterocycles. The molecule has 1 aliphatic rings. The van der Waals surface area contributed by atoms with Gasteiger partial charge in [-0.1, -0.05) is 6.07 Å². The van der Waals surface area contributed by atoms with Crippen LogP contribution in [0.4, 0.5) is 0 Å². The van der Waals surface area contributed by atoms with E-state index in [0.29, 0.717) is 6.04 Å². The number of nitrogens with one attached hydrogen (secondary N) is 2. The third kappa shape index (κ3) is 5.78. The number of rotatable bonds is 7. The van der Waals surface area contributed by atoms with Gasteiger partial charge in [0.2, 0.25) is 0 Å². The SMILES string of the molecule is CN=C(NCCc1ccc(OC)c(OC)c1)NCC1CN(C)CCN1C. The van der Waals surface area contributed by atoms with Crippen LogP contribution < -0.4 is 20.1 Å². The van der Waals surface area contributed by atoms with Crippen molar-refractivity contribution in [3.05, 3.63) is 23.8 Å². The van der Waals surface area contributed by atoms with Crippen LogP contribution in [0.3, 0.4) is 0 Å². The summed E-state index contributed by atoms with van der Waals surface area (Å²) in [6.07, 6.45) is 0.882. The van der Waals surface area contributed by atoms with Gasteiger partial charge in [0.15, 0.2) is 17.5 Å². The fraction of sp³-hybridized carbons (Fsp3) is 0.632. The number of piperazine rings is 1. The average Bonchev–Trinajstić information content (AvgIpc) is 2.66. The van der Waals surface area contributed by atoms with Gasteiger partial charge in [0, 0.05) is 45.8 Å². The molecule has 146 valence electrons. The molecule has 1 heterocycles. The normalized spacial score (nSPS) is 19.3. The number of ether oxygens (including phenoxy) is 2. The maximum Gasteiger partial charge on any atom is 0.191 e. The Labute approximate surface area is 157 Å². The molecule has 1 unspecified atom stereocenters. The van der Waals surface area contributed by atoms with Gasteiger partial charge in [0.05, 0.1) is 14.2 Å². The first-order chi connectivity index (χ1) is 12.6.